The van der Waals surface area contributed by atoms with E-state index in [2.05, 4.69) is 4.98 Å². The van der Waals surface area contributed by atoms with Crippen LogP contribution in [0.1, 0.15) is 13.3 Å². The predicted octanol–water partition coefficient (Wildman–Crippen LogP) is 2.11. The first-order chi connectivity index (χ1) is 15.4. The van der Waals surface area contributed by atoms with E-state index in [1.165, 1.54) is 22.5 Å². The lowest BCUT2D eigenvalue weighted by atomic mass is 10.3. The van der Waals surface area contributed by atoms with Gasteiger partial charge < -0.3 is 13.7 Å². The monoisotopic (exact) mass is 456 g/mol. The summed E-state index contributed by atoms with van der Waals surface area (Å²) in [5, 5.41) is 0. The third kappa shape index (κ3) is 3.16. The summed E-state index contributed by atoms with van der Waals surface area (Å²) in [6.07, 6.45) is 0.665. The Morgan fingerprint density at radius 3 is 2.78 bits per heavy atom. The van der Waals surface area contributed by atoms with Gasteiger partial charge in [-0.15, -0.1) is 0 Å². The number of esters is 1. The SMILES string of the molecule is CCCOC(=O)Cn1c(=O)oc2cc(S(=O)(=O)N3CCn4c3nc3ccccc34)ccc21. The summed E-state index contributed by atoms with van der Waals surface area (Å²) in [4.78, 5) is 28.6. The van der Waals surface area contributed by atoms with Crippen LogP contribution in [0.4, 0.5) is 5.95 Å². The molecule has 0 amide bonds. The summed E-state index contributed by atoms with van der Waals surface area (Å²) in [7, 11) is -3.94. The minimum Gasteiger partial charge on any atom is -0.464 e. The molecular formula is C21H20N4O6S. The van der Waals surface area contributed by atoms with Crippen molar-refractivity contribution in [2.24, 2.45) is 0 Å². The second-order valence-electron chi connectivity index (χ2n) is 7.43. The van der Waals surface area contributed by atoms with Gasteiger partial charge in [-0.3, -0.25) is 9.36 Å². The van der Waals surface area contributed by atoms with E-state index in [1.807, 2.05) is 35.8 Å². The molecule has 4 aromatic rings. The molecule has 2 aromatic carbocycles. The minimum absolute atomic E-state index is 0.0278. The highest BCUT2D eigenvalue weighted by Crippen LogP contribution is 2.32. The number of carbonyl (C=O) groups is 1. The highest BCUT2D eigenvalue weighted by atomic mass is 32.2. The smallest absolute Gasteiger partial charge is 0.420 e. The van der Waals surface area contributed by atoms with Crippen LogP contribution in [-0.2, 0) is 32.6 Å². The first kappa shape index (κ1) is 20.3. The summed E-state index contributed by atoms with van der Waals surface area (Å²) in [5.41, 5.74) is 1.98. The van der Waals surface area contributed by atoms with Crippen LogP contribution in [0.3, 0.4) is 0 Å². The number of imidazole rings is 1. The van der Waals surface area contributed by atoms with Gasteiger partial charge >= 0.3 is 11.7 Å². The first-order valence-corrected chi connectivity index (χ1v) is 11.6. The van der Waals surface area contributed by atoms with Gasteiger partial charge in [0, 0.05) is 12.6 Å². The van der Waals surface area contributed by atoms with Crippen molar-refractivity contribution in [1.29, 1.82) is 0 Å². The van der Waals surface area contributed by atoms with Crippen molar-refractivity contribution in [2.45, 2.75) is 31.3 Å². The molecule has 3 heterocycles. The lowest BCUT2D eigenvalue weighted by Crippen LogP contribution is -2.29. The number of para-hydroxylation sites is 2. The van der Waals surface area contributed by atoms with Gasteiger partial charge in [0.15, 0.2) is 5.58 Å². The van der Waals surface area contributed by atoms with Crippen LogP contribution in [0.2, 0.25) is 0 Å². The van der Waals surface area contributed by atoms with Crippen molar-refractivity contribution in [3.05, 3.63) is 53.0 Å². The number of oxazole rings is 1. The largest absolute Gasteiger partial charge is 0.464 e. The number of fused-ring (bicyclic) bond motifs is 4. The molecule has 0 unspecified atom stereocenters. The molecule has 1 aliphatic heterocycles. The minimum atomic E-state index is -3.94. The quantitative estimate of drug-likeness (QED) is 0.408. The van der Waals surface area contributed by atoms with Gasteiger partial charge in [0.2, 0.25) is 5.95 Å². The summed E-state index contributed by atoms with van der Waals surface area (Å²) < 4.78 is 41.2. The van der Waals surface area contributed by atoms with E-state index in [9.17, 15) is 18.0 Å². The third-order valence-electron chi connectivity index (χ3n) is 5.37. The van der Waals surface area contributed by atoms with E-state index in [0.29, 0.717) is 24.4 Å². The number of hydrogen-bond donors (Lipinski definition) is 0. The van der Waals surface area contributed by atoms with Gasteiger partial charge in [0.05, 0.1) is 34.6 Å². The van der Waals surface area contributed by atoms with Gasteiger partial charge in [0.1, 0.15) is 6.54 Å². The van der Waals surface area contributed by atoms with E-state index in [4.69, 9.17) is 9.15 Å². The third-order valence-corrected chi connectivity index (χ3v) is 7.14. The van der Waals surface area contributed by atoms with Crippen LogP contribution >= 0.6 is 0 Å². The molecule has 1 aliphatic rings. The maximum Gasteiger partial charge on any atom is 0.420 e. The van der Waals surface area contributed by atoms with Gasteiger partial charge in [-0.05, 0) is 30.7 Å². The van der Waals surface area contributed by atoms with Gasteiger partial charge in [-0.25, -0.2) is 22.5 Å². The summed E-state index contributed by atoms with van der Waals surface area (Å²) in [5.74, 6) is -0.973. The number of nitrogens with zero attached hydrogens (tertiary/aromatic N) is 4. The molecule has 0 radical (unpaired) electrons. The van der Waals surface area contributed by atoms with Crippen LogP contribution in [0.15, 0.2) is 56.6 Å². The molecule has 166 valence electrons. The maximum atomic E-state index is 13.4. The number of hydrogen-bond acceptors (Lipinski definition) is 7. The highest BCUT2D eigenvalue weighted by Gasteiger charge is 2.34. The fourth-order valence-corrected chi connectivity index (χ4v) is 5.29. The number of rotatable bonds is 6. The Morgan fingerprint density at radius 1 is 1.16 bits per heavy atom. The van der Waals surface area contributed by atoms with Crippen molar-refractivity contribution in [1.82, 2.24) is 14.1 Å². The predicted molar refractivity (Wildman–Crippen MR) is 116 cm³/mol. The summed E-state index contributed by atoms with van der Waals surface area (Å²) in [6.45, 7) is 2.55. The molecule has 0 saturated carbocycles. The zero-order valence-corrected chi connectivity index (χ0v) is 18.0. The topological polar surface area (TPSA) is 117 Å². The molecule has 2 aromatic heterocycles. The average molecular weight is 456 g/mol. The second-order valence-corrected chi connectivity index (χ2v) is 9.30. The molecule has 0 aliphatic carbocycles. The standard InChI is InChI=1S/C21H20N4O6S/c1-2-11-30-19(26)13-24-17-8-7-14(12-18(17)31-21(24)27)32(28,29)25-10-9-23-16-6-4-3-5-15(16)22-20(23)25/h3-8,12H,2,9-11,13H2,1H3. The molecule has 11 heteroatoms. The number of anilines is 1. The van der Waals surface area contributed by atoms with Crippen LogP contribution < -0.4 is 10.1 Å². The zero-order valence-electron chi connectivity index (χ0n) is 17.2. The second kappa shape index (κ2) is 7.52. The Labute approximate surface area is 182 Å². The van der Waals surface area contributed by atoms with Crippen molar-refractivity contribution >= 4 is 44.1 Å². The van der Waals surface area contributed by atoms with Crippen molar-refractivity contribution in [3.8, 4) is 0 Å². The van der Waals surface area contributed by atoms with E-state index in [1.54, 1.807) is 0 Å². The number of aromatic nitrogens is 3. The van der Waals surface area contributed by atoms with Crippen molar-refractivity contribution < 1.29 is 22.4 Å². The molecular weight excluding hydrogens is 436 g/mol. The van der Waals surface area contributed by atoms with E-state index in [-0.39, 0.29) is 30.2 Å². The Bertz CT molecular complexity index is 1510. The molecule has 0 atom stereocenters. The van der Waals surface area contributed by atoms with Crippen LogP contribution in [0.5, 0.6) is 0 Å². The highest BCUT2D eigenvalue weighted by molar-refractivity contribution is 7.92. The van der Waals surface area contributed by atoms with Crippen molar-refractivity contribution in [3.63, 3.8) is 0 Å². The molecule has 32 heavy (non-hydrogen) atoms. The first-order valence-electron chi connectivity index (χ1n) is 10.2. The maximum absolute atomic E-state index is 13.4. The van der Waals surface area contributed by atoms with E-state index >= 15 is 0 Å². The van der Waals surface area contributed by atoms with Gasteiger partial charge in [-0.2, -0.15) is 0 Å². The van der Waals surface area contributed by atoms with E-state index < -0.39 is 21.7 Å². The van der Waals surface area contributed by atoms with Crippen LogP contribution in [-0.4, -0.2) is 41.7 Å². The molecule has 0 N–H and O–H groups in total. The number of sulfonamides is 1. The zero-order chi connectivity index (χ0) is 22.5. The van der Waals surface area contributed by atoms with Gasteiger partial charge in [-0.1, -0.05) is 19.1 Å². The lowest BCUT2D eigenvalue weighted by molar-refractivity contribution is -0.144. The number of benzene rings is 2. The molecule has 0 bridgehead atoms. The Morgan fingerprint density at radius 2 is 1.97 bits per heavy atom. The number of carbonyl (C=O) groups excluding carboxylic acids is 1. The van der Waals surface area contributed by atoms with Crippen molar-refractivity contribution in [2.75, 3.05) is 17.5 Å². The fourth-order valence-electron chi connectivity index (χ4n) is 3.87. The summed E-state index contributed by atoms with van der Waals surface area (Å²) >= 11 is 0. The molecule has 0 fully saturated rings. The molecule has 0 saturated heterocycles. The molecule has 5 rings (SSSR count). The lowest BCUT2D eigenvalue weighted by Gasteiger charge is -2.16. The Kier molecular flexibility index (Phi) is 4.77. The summed E-state index contributed by atoms with van der Waals surface area (Å²) in [6, 6.07) is 11.6. The van der Waals surface area contributed by atoms with Gasteiger partial charge in [0.25, 0.3) is 10.0 Å². The molecule has 10 nitrogen and oxygen atoms in total. The van der Waals surface area contributed by atoms with Crippen LogP contribution in [0, 0.1) is 0 Å². The number of ether oxygens (including phenoxy) is 1. The molecule has 0 spiro atoms. The van der Waals surface area contributed by atoms with E-state index in [0.717, 1.165) is 15.6 Å². The van der Waals surface area contributed by atoms with Crippen LogP contribution in [0.25, 0.3) is 22.1 Å². The fraction of sp³-hybridized carbons (Fsp3) is 0.286. The Balaban J connectivity index is 1.50. The average Bonchev–Trinajstić information content (AvgIpc) is 3.44. The Hall–Kier alpha value is -3.60. The normalized spacial score (nSPS) is 13.7.